The van der Waals surface area contributed by atoms with Gasteiger partial charge in [-0.3, -0.25) is 4.79 Å². The number of sulfone groups is 1. The van der Waals surface area contributed by atoms with Crippen LogP contribution in [-0.4, -0.2) is 32.0 Å². The Bertz CT molecular complexity index is 295. The molecule has 0 saturated heterocycles. The zero-order valence-corrected chi connectivity index (χ0v) is 10.6. The summed E-state index contributed by atoms with van der Waals surface area (Å²) in [6, 6.07) is 0. The molecule has 0 aromatic carbocycles. The van der Waals surface area contributed by atoms with E-state index in [0.29, 0.717) is 6.42 Å². The summed E-state index contributed by atoms with van der Waals surface area (Å²) in [4.78, 5) is 11.0. The molecule has 0 rings (SSSR count). The maximum absolute atomic E-state index is 11.9. The molecule has 0 heterocycles. The molecule has 0 N–H and O–H groups in total. The van der Waals surface area contributed by atoms with Gasteiger partial charge in [-0.1, -0.05) is 13.3 Å². The molecule has 0 aliphatic rings. The van der Waals surface area contributed by atoms with E-state index in [-0.39, 0.29) is 11.7 Å². The molecule has 2 atom stereocenters. The summed E-state index contributed by atoms with van der Waals surface area (Å²) in [6.45, 7) is 5.18. The number of carbonyl (C=O) groups excluding carboxylic acids is 1. The summed E-state index contributed by atoms with van der Waals surface area (Å²) in [6.07, 6.45) is 1.39. The summed E-state index contributed by atoms with van der Waals surface area (Å²) in [5.74, 6) is -0.477. The van der Waals surface area contributed by atoms with Crippen LogP contribution in [0.3, 0.4) is 0 Å². The highest BCUT2D eigenvalue weighted by Gasteiger charge is 2.29. The highest BCUT2D eigenvalue weighted by atomic mass is 32.2. The van der Waals surface area contributed by atoms with Crippen LogP contribution in [0.5, 0.6) is 0 Å². The van der Waals surface area contributed by atoms with Crippen LogP contribution in [0, 0.1) is 0 Å². The molecule has 15 heavy (non-hydrogen) atoms. The van der Waals surface area contributed by atoms with Gasteiger partial charge in [0.15, 0.2) is 9.84 Å². The van der Waals surface area contributed by atoms with Crippen molar-refractivity contribution in [3.8, 4) is 0 Å². The van der Waals surface area contributed by atoms with Gasteiger partial charge in [0.25, 0.3) is 0 Å². The van der Waals surface area contributed by atoms with Crippen LogP contribution < -0.4 is 0 Å². The van der Waals surface area contributed by atoms with Crippen molar-refractivity contribution in [1.29, 1.82) is 0 Å². The fourth-order valence-corrected chi connectivity index (χ4v) is 3.13. The summed E-state index contributed by atoms with van der Waals surface area (Å²) >= 11 is 0. The molecule has 0 amide bonds. The average molecular weight is 236 g/mol. The van der Waals surface area contributed by atoms with Gasteiger partial charge < -0.3 is 4.74 Å². The van der Waals surface area contributed by atoms with Crippen LogP contribution in [0.15, 0.2) is 0 Å². The van der Waals surface area contributed by atoms with Crippen molar-refractivity contribution in [2.75, 3.05) is 7.11 Å². The Hall–Kier alpha value is -0.580. The quantitative estimate of drug-likeness (QED) is 0.656. The molecule has 5 heteroatoms. The molecule has 90 valence electrons. The van der Waals surface area contributed by atoms with Crippen molar-refractivity contribution in [3.63, 3.8) is 0 Å². The second-order valence-corrected chi connectivity index (χ2v) is 6.57. The predicted octanol–water partition coefficient (Wildman–Crippen LogP) is 1.54. The minimum atomic E-state index is -3.21. The van der Waals surface area contributed by atoms with E-state index in [0.717, 1.165) is 6.42 Å². The van der Waals surface area contributed by atoms with Gasteiger partial charge in [0, 0.05) is 0 Å². The number of rotatable bonds is 6. The second kappa shape index (κ2) is 6.10. The van der Waals surface area contributed by atoms with Gasteiger partial charge in [0.05, 0.1) is 24.0 Å². The lowest BCUT2D eigenvalue weighted by molar-refractivity contribution is -0.140. The highest BCUT2D eigenvalue weighted by molar-refractivity contribution is 7.92. The number of hydrogen-bond donors (Lipinski definition) is 0. The van der Waals surface area contributed by atoms with E-state index in [4.69, 9.17) is 0 Å². The molecule has 0 radical (unpaired) electrons. The first-order valence-electron chi connectivity index (χ1n) is 5.15. The number of esters is 1. The van der Waals surface area contributed by atoms with E-state index >= 15 is 0 Å². The van der Waals surface area contributed by atoms with Crippen molar-refractivity contribution < 1.29 is 17.9 Å². The maximum atomic E-state index is 11.9. The molecule has 4 nitrogen and oxygen atoms in total. The Balaban J connectivity index is 4.51. The standard InChI is InChI=1S/C10H20O4S/c1-5-6-8(2)15(12,13)9(3)7-10(11)14-4/h8-9H,5-7H2,1-4H3. The van der Waals surface area contributed by atoms with Gasteiger partial charge in [-0.25, -0.2) is 8.42 Å². The Labute approximate surface area is 91.9 Å². The van der Waals surface area contributed by atoms with Crippen LogP contribution in [0.1, 0.15) is 40.0 Å². The molecule has 0 aliphatic heterocycles. The third-order valence-corrected chi connectivity index (χ3v) is 5.14. The van der Waals surface area contributed by atoms with E-state index in [1.54, 1.807) is 13.8 Å². The van der Waals surface area contributed by atoms with E-state index in [9.17, 15) is 13.2 Å². The third kappa shape index (κ3) is 4.20. The van der Waals surface area contributed by atoms with Gasteiger partial charge in [0.2, 0.25) is 0 Å². The molecule has 0 aromatic rings. The predicted molar refractivity (Wildman–Crippen MR) is 59.4 cm³/mol. The van der Waals surface area contributed by atoms with Crippen LogP contribution >= 0.6 is 0 Å². The Morgan fingerprint density at radius 2 is 1.80 bits per heavy atom. The molecule has 0 aromatic heterocycles. The largest absolute Gasteiger partial charge is 0.469 e. The first-order valence-corrected chi connectivity index (χ1v) is 6.76. The monoisotopic (exact) mass is 236 g/mol. The topological polar surface area (TPSA) is 60.4 Å². The van der Waals surface area contributed by atoms with Gasteiger partial charge >= 0.3 is 5.97 Å². The smallest absolute Gasteiger partial charge is 0.306 e. The van der Waals surface area contributed by atoms with Gasteiger partial charge in [-0.05, 0) is 20.3 Å². The average Bonchev–Trinajstić information content (AvgIpc) is 2.17. The van der Waals surface area contributed by atoms with Crippen molar-refractivity contribution in [1.82, 2.24) is 0 Å². The number of hydrogen-bond acceptors (Lipinski definition) is 4. The Kier molecular flexibility index (Phi) is 5.87. The highest BCUT2D eigenvalue weighted by Crippen LogP contribution is 2.16. The summed E-state index contributed by atoms with van der Waals surface area (Å²) in [5, 5.41) is -1.05. The van der Waals surface area contributed by atoms with E-state index in [1.165, 1.54) is 7.11 Å². The fraction of sp³-hybridized carbons (Fsp3) is 0.900. The second-order valence-electron chi connectivity index (χ2n) is 3.78. The summed E-state index contributed by atoms with van der Waals surface area (Å²) in [7, 11) is -1.95. The molecule has 2 unspecified atom stereocenters. The number of carbonyl (C=O) groups is 1. The van der Waals surface area contributed by atoms with Gasteiger partial charge in [-0.15, -0.1) is 0 Å². The lowest BCUT2D eigenvalue weighted by atomic mass is 10.3. The van der Waals surface area contributed by atoms with Gasteiger partial charge in [-0.2, -0.15) is 0 Å². The van der Waals surface area contributed by atoms with Crippen LogP contribution in [0.25, 0.3) is 0 Å². The normalized spacial score (nSPS) is 15.7. The third-order valence-electron chi connectivity index (χ3n) is 2.50. The Morgan fingerprint density at radius 3 is 2.20 bits per heavy atom. The number of methoxy groups -OCH3 is 1. The first kappa shape index (κ1) is 14.4. The van der Waals surface area contributed by atoms with E-state index < -0.39 is 21.1 Å². The Morgan fingerprint density at radius 1 is 1.27 bits per heavy atom. The van der Waals surface area contributed by atoms with Crippen molar-refractivity contribution >= 4 is 15.8 Å². The van der Waals surface area contributed by atoms with E-state index in [1.807, 2.05) is 6.92 Å². The lowest BCUT2D eigenvalue weighted by Crippen LogP contribution is -2.30. The van der Waals surface area contributed by atoms with Gasteiger partial charge in [0.1, 0.15) is 0 Å². The van der Waals surface area contributed by atoms with Crippen molar-refractivity contribution in [3.05, 3.63) is 0 Å². The maximum Gasteiger partial charge on any atom is 0.306 e. The lowest BCUT2D eigenvalue weighted by Gasteiger charge is -2.17. The van der Waals surface area contributed by atoms with Crippen molar-refractivity contribution in [2.45, 2.75) is 50.5 Å². The minimum Gasteiger partial charge on any atom is -0.469 e. The zero-order valence-electron chi connectivity index (χ0n) is 9.82. The van der Waals surface area contributed by atoms with E-state index in [2.05, 4.69) is 4.74 Å². The molecule has 0 saturated carbocycles. The van der Waals surface area contributed by atoms with Crippen LogP contribution in [-0.2, 0) is 19.4 Å². The molecular formula is C10H20O4S. The molecular weight excluding hydrogens is 216 g/mol. The fourth-order valence-electron chi connectivity index (χ4n) is 1.40. The first-order chi connectivity index (χ1) is 6.86. The molecule has 0 fully saturated rings. The zero-order chi connectivity index (χ0) is 12.1. The molecule has 0 bridgehead atoms. The van der Waals surface area contributed by atoms with Crippen LogP contribution in [0.2, 0.25) is 0 Å². The minimum absolute atomic E-state index is 0.0626. The number of ether oxygens (including phenoxy) is 1. The summed E-state index contributed by atoms with van der Waals surface area (Å²) in [5.41, 5.74) is 0. The molecule has 0 aliphatic carbocycles. The van der Waals surface area contributed by atoms with Crippen molar-refractivity contribution in [2.24, 2.45) is 0 Å². The molecule has 0 spiro atoms. The summed E-state index contributed by atoms with van der Waals surface area (Å²) < 4.78 is 28.2. The van der Waals surface area contributed by atoms with Crippen LogP contribution in [0.4, 0.5) is 0 Å². The SMILES string of the molecule is CCCC(C)S(=O)(=O)C(C)CC(=O)OC.